The zero-order valence-corrected chi connectivity index (χ0v) is 16.7. The summed E-state index contributed by atoms with van der Waals surface area (Å²) in [6.45, 7) is 1.78. The molecule has 6 nitrogen and oxygen atoms in total. The Kier molecular flexibility index (Phi) is 4.59. The molecule has 5 rings (SSSR count). The number of hydrogen-bond acceptors (Lipinski definition) is 4. The van der Waals surface area contributed by atoms with Crippen LogP contribution in [0.5, 0.6) is 5.75 Å². The monoisotopic (exact) mass is 398 g/mol. The number of nitrogens with zero attached hydrogens (tertiary/aromatic N) is 3. The second-order valence-electron chi connectivity index (χ2n) is 7.40. The number of carbonyl (C=O) groups excluding carboxylic acids is 1. The van der Waals surface area contributed by atoms with Gasteiger partial charge in [-0.1, -0.05) is 18.2 Å². The van der Waals surface area contributed by atoms with Crippen molar-refractivity contribution in [1.29, 1.82) is 0 Å². The Labute approximate surface area is 174 Å². The second kappa shape index (κ2) is 7.55. The van der Waals surface area contributed by atoms with E-state index in [9.17, 15) is 4.79 Å². The fourth-order valence-electron chi connectivity index (χ4n) is 4.03. The number of nitrogens with one attached hydrogen (secondary N) is 1. The van der Waals surface area contributed by atoms with Gasteiger partial charge in [-0.2, -0.15) is 0 Å². The number of fused-ring (bicyclic) bond motifs is 2. The molecule has 4 aromatic rings. The van der Waals surface area contributed by atoms with Crippen molar-refractivity contribution < 1.29 is 9.53 Å². The van der Waals surface area contributed by atoms with Crippen LogP contribution in [0.2, 0.25) is 0 Å². The Morgan fingerprint density at radius 3 is 2.87 bits per heavy atom. The van der Waals surface area contributed by atoms with Gasteiger partial charge in [-0.25, -0.2) is 4.98 Å². The molecule has 0 bridgehead atoms. The van der Waals surface area contributed by atoms with Crippen LogP contribution in [0.4, 0.5) is 11.5 Å². The number of anilines is 2. The molecule has 0 atom stereocenters. The maximum absolute atomic E-state index is 12.8. The van der Waals surface area contributed by atoms with Crippen LogP contribution in [0, 0.1) is 0 Å². The first-order valence-electron chi connectivity index (χ1n) is 9.91. The third-order valence-electron chi connectivity index (χ3n) is 5.52. The first kappa shape index (κ1) is 18.2. The normalized spacial score (nSPS) is 12.8. The number of amides is 1. The molecular weight excluding hydrogens is 376 g/mol. The first-order chi connectivity index (χ1) is 14.7. The quantitative estimate of drug-likeness (QED) is 0.547. The number of ether oxygens (including phenoxy) is 1. The molecule has 0 unspecified atom stereocenters. The third-order valence-corrected chi connectivity index (χ3v) is 5.52. The van der Waals surface area contributed by atoms with Gasteiger partial charge in [0.05, 0.1) is 7.11 Å². The van der Waals surface area contributed by atoms with Gasteiger partial charge in [-0.15, -0.1) is 0 Å². The number of methoxy groups -OCH3 is 1. The van der Waals surface area contributed by atoms with E-state index in [1.165, 1.54) is 5.56 Å². The molecular formula is C24H22N4O2. The molecule has 1 aliphatic heterocycles. The lowest BCUT2D eigenvalue weighted by Gasteiger charge is -2.16. The highest BCUT2D eigenvalue weighted by Gasteiger charge is 2.23. The average Bonchev–Trinajstić information content (AvgIpc) is 3.39. The van der Waals surface area contributed by atoms with E-state index >= 15 is 0 Å². The van der Waals surface area contributed by atoms with Crippen molar-refractivity contribution in [2.45, 2.75) is 19.6 Å². The van der Waals surface area contributed by atoms with Gasteiger partial charge in [0.15, 0.2) is 0 Å². The summed E-state index contributed by atoms with van der Waals surface area (Å²) in [5, 5.41) is 4.16. The molecule has 150 valence electrons. The number of pyridine rings is 1. The maximum Gasteiger partial charge on any atom is 0.244 e. The molecule has 3 heterocycles. The zero-order chi connectivity index (χ0) is 20.5. The van der Waals surface area contributed by atoms with E-state index in [4.69, 9.17) is 4.74 Å². The SMILES string of the molecule is COc1ccc2c(ccn2CC(=O)Nc2cccc3c2CN(c2ccccn2)C3)c1. The van der Waals surface area contributed by atoms with Crippen molar-refractivity contribution in [2.75, 3.05) is 17.3 Å². The first-order valence-corrected chi connectivity index (χ1v) is 9.91. The van der Waals surface area contributed by atoms with Gasteiger partial charge in [-0.3, -0.25) is 4.79 Å². The van der Waals surface area contributed by atoms with Gasteiger partial charge in [0.25, 0.3) is 0 Å². The molecule has 0 spiro atoms. The lowest BCUT2D eigenvalue weighted by molar-refractivity contribution is -0.116. The summed E-state index contributed by atoms with van der Waals surface area (Å²) in [5.74, 6) is 1.70. The van der Waals surface area contributed by atoms with Gasteiger partial charge in [0, 0.05) is 42.1 Å². The molecule has 1 aliphatic rings. The minimum absolute atomic E-state index is 0.0481. The molecule has 1 amide bonds. The van der Waals surface area contributed by atoms with Gasteiger partial charge in [0.2, 0.25) is 5.91 Å². The minimum atomic E-state index is -0.0481. The highest BCUT2D eigenvalue weighted by molar-refractivity contribution is 5.93. The summed E-state index contributed by atoms with van der Waals surface area (Å²) < 4.78 is 7.23. The van der Waals surface area contributed by atoms with Crippen molar-refractivity contribution in [2.24, 2.45) is 0 Å². The number of benzene rings is 2. The smallest absolute Gasteiger partial charge is 0.244 e. The highest BCUT2D eigenvalue weighted by atomic mass is 16.5. The number of hydrogen-bond donors (Lipinski definition) is 1. The minimum Gasteiger partial charge on any atom is -0.497 e. The Hall–Kier alpha value is -3.80. The fourth-order valence-corrected chi connectivity index (χ4v) is 4.03. The standard InChI is InChI=1S/C24H22N4O2/c1-30-19-8-9-22-17(13-19)10-12-27(22)16-24(29)26-21-6-4-5-18-14-28(15-20(18)21)23-7-2-3-11-25-23/h2-13H,14-16H2,1H3,(H,26,29). The van der Waals surface area contributed by atoms with Crippen LogP contribution in [0.25, 0.3) is 10.9 Å². The number of aromatic nitrogens is 2. The van der Waals surface area contributed by atoms with E-state index in [0.29, 0.717) is 0 Å². The maximum atomic E-state index is 12.8. The summed E-state index contributed by atoms with van der Waals surface area (Å²) in [4.78, 5) is 19.5. The summed E-state index contributed by atoms with van der Waals surface area (Å²) in [7, 11) is 1.65. The van der Waals surface area contributed by atoms with Crippen LogP contribution in [0.3, 0.4) is 0 Å². The molecule has 0 radical (unpaired) electrons. The largest absolute Gasteiger partial charge is 0.497 e. The summed E-state index contributed by atoms with van der Waals surface area (Å²) >= 11 is 0. The van der Waals surface area contributed by atoms with Gasteiger partial charge >= 0.3 is 0 Å². The molecule has 0 saturated carbocycles. The Balaban J connectivity index is 1.33. The van der Waals surface area contributed by atoms with E-state index in [0.717, 1.165) is 46.8 Å². The molecule has 0 aliphatic carbocycles. The van der Waals surface area contributed by atoms with E-state index in [2.05, 4.69) is 21.3 Å². The third kappa shape index (κ3) is 3.37. The number of carbonyl (C=O) groups is 1. The van der Waals surface area contributed by atoms with Crippen molar-refractivity contribution in [3.63, 3.8) is 0 Å². The summed E-state index contributed by atoms with van der Waals surface area (Å²) in [5.41, 5.74) is 4.25. The van der Waals surface area contributed by atoms with Crippen molar-refractivity contribution in [1.82, 2.24) is 9.55 Å². The molecule has 2 aromatic carbocycles. The lowest BCUT2D eigenvalue weighted by atomic mass is 10.1. The van der Waals surface area contributed by atoms with Crippen LogP contribution in [0.15, 0.2) is 73.1 Å². The van der Waals surface area contributed by atoms with E-state index in [1.807, 2.05) is 65.4 Å². The Morgan fingerprint density at radius 2 is 2.03 bits per heavy atom. The Bertz CT molecular complexity index is 1220. The van der Waals surface area contributed by atoms with Crippen molar-refractivity contribution >= 4 is 28.3 Å². The van der Waals surface area contributed by atoms with E-state index in [1.54, 1.807) is 13.3 Å². The van der Waals surface area contributed by atoms with Crippen molar-refractivity contribution in [3.8, 4) is 5.75 Å². The van der Waals surface area contributed by atoms with Crippen LogP contribution in [-0.2, 0) is 24.4 Å². The predicted molar refractivity (Wildman–Crippen MR) is 118 cm³/mol. The summed E-state index contributed by atoms with van der Waals surface area (Å²) in [6.07, 6.45) is 3.74. The van der Waals surface area contributed by atoms with Crippen LogP contribution < -0.4 is 15.0 Å². The fraction of sp³-hybridized carbons (Fsp3) is 0.167. The molecule has 0 saturated heterocycles. The van der Waals surface area contributed by atoms with Crippen LogP contribution >= 0.6 is 0 Å². The molecule has 2 aromatic heterocycles. The molecule has 30 heavy (non-hydrogen) atoms. The highest BCUT2D eigenvalue weighted by Crippen LogP contribution is 2.32. The van der Waals surface area contributed by atoms with Crippen LogP contribution in [0.1, 0.15) is 11.1 Å². The van der Waals surface area contributed by atoms with Crippen molar-refractivity contribution in [3.05, 3.63) is 84.2 Å². The zero-order valence-electron chi connectivity index (χ0n) is 16.7. The predicted octanol–water partition coefficient (Wildman–Crippen LogP) is 4.20. The average molecular weight is 398 g/mol. The molecule has 0 fully saturated rings. The molecule has 6 heteroatoms. The van der Waals surface area contributed by atoms with Gasteiger partial charge in [-0.05, 0) is 53.6 Å². The molecule has 1 N–H and O–H groups in total. The summed E-state index contributed by atoms with van der Waals surface area (Å²) in [6, 6.07) is 19.8. The number of rotatable bonds is 5. The second-order valence-corrected chi connectivity index (χ2v) is 7.40. The van der Waals surface area contributed by atoms with Gasteiger partial charge < -0.3 is 19.5 Å². The van der Waals surface area contributed by atoms with E-state index in [-0.39, 0.29) is 12.5 Å². The lowest BCUT2D eigenvalue weighted by Crippen LogP contribution is -2.19. The topological polar surface area (TPSA) is 59.4 Å². The van der Waals surface area contributed by atoms with E-state index < -0.39 is 0 Å². The van der Waals surface area contributed by atoms with Crippen LogP contribution in [-0.4, -0.2) is 22.6 Å². The van der Waals surface area contributed by atoms with Gasteiger partial charge in [0.1, 0.15) is 18.1 Å². The Morgan fingerprint density at radius 1 is 1.10 bits per heavy atom.